The molecule has 0 radical (unpaired) electrons. The van der Waals surface area contributed by atoms with Crippen molar-refractivity contribution in [3.8, 4) is 5.75 Å². The number of nitrogens with zero attached hydrogens (tertiary/aromatic N) is 2. The Kier molecular flexibility index (Phi) is 8.50. The summed E-state index contributed by atoms with van der Waals surface area (Å²) in [4.78, 5) is 4.76. The van der Waals surface area contributed by atoms with E-state index < -0.39 is 6.10 Å². The van der Waals surface area contributed by atoms with E-state index in [9.17, 15) is 5.11 Å². The monoisotopic (exact) mass is 398 g/mol. The number of aliphatic hydroxyl groups excluding tert-OH is 1. The van der Waals surface area contributed by atoms with E-state index in [0.717, 1.165) is 57.3 Å². The van der Waals surface area contributed by atoms with Gasteiger partial charge < -0.3 is 14.6 Å². The van der Waals surface area contributed by atoms with Crippen LogP contribution in [0.1, 0.15) is 16.7 Å². The number of benzene rings is 2. The fraction of sp³-hybridized carbons (Fsp3) is 0.500. The van der Waals surface area contributed by atoms with Crippen LogP contribution in [0.4, 0.5) is 0 Å². The lowest BCUT2D eigenvalue weighted by Gasteiger charge is -2.31. The van der Waals surface area contributed by atoms with Gasteiger partial charge in [-0.1, -0.05) is 48.0 Å². The van der Waals surface area contributed by atoms with Crippen LogP contribution in [0, 0.1) is 13.8 Å². The quantitative estimate of drug-likeness (QED) is 0.667. The summed E-state index contributed by atoms with van der Waals surface area (Å²) in [5, 5.41) is 10.6. The summed E-state index contributed by atoms with van der Waals surface area (Å²) in [6.45, 7) is 11.3. The van der Waals surface area contributed by atoms with E-state index in [0.29, 0.717) is 13.2 Å². The minimum atomic E-state index is -0.538. The van der Waals surface area contributed by atoms with Crippen LogP contribution >= 0.6 is 0 Å². The topological polar surface area (TPSA) is 45.2 Å². The van der Waals surface area contributed by atoms with Crippen LogP contribution in [-0.2, 0) is 11.3 Å². The largest absolute Gasteiger partial charge is 0.491 e. The Morgan fingerprint density at radius 1 is 1.10 bits per heavy atom. The first-order valence-electron chi connectivity index (χ1n) is 10.5. The number of aliphatic hydroxyl groups is 1. The van der Waals surface area contributed by atoms with Gasteiger partial charge >= 0.3 is 0 Å². The highest BCUT2D eigenvalue weighted by atomic mass is 16.5. The van der Waals surface area contributed by atoms with Gasteiger partial charge in [0.05, 0.1) is 13.2 Å². The zero-order valence-electron chi connectivity index (χ0n) is 17.7. The van der Waals surface area contributed by atoms with Gasteiger partial charge in [0.25, 0.3) is 0 Å². The third kappa shape index (κ3) is 7.44. The van der Waals surface area contributed by atoms with Crippen LogP contribution in [0.25, 0.3) is 0 Å². The van der Waals surface area contributed by atoms with Crippen molar-refractivity contribution in [2.45, 2.75) is 26.5 Å². The molecule has 0 spiro atoms. The van der Waals surface area contributed by atoms with Gasteiger partial charge in [-0.15, -0.1) is 0 Å². The molecule has 158 valence electrons. The maximum atomic E-state index is 10.6. The highest BCUT2D eigenvalue weighted by molar-refractivity contribution is 5.31. The lowest BCUT2D eigenvalue weighted by atomic mass is 10.1. The molecule has 0 amide bonds. The van der Waals surface area contributed by atoms with Crippen LogP contribution in [0.5, 0.6) is 5.75 Å². The molecule has 2 aromatic rings. The summed E-state index contributed by atoms with van der Waals surface area (Å²) >= 11 is 0. The first-order valence-corrected chi connectivity index (χ1v) is 10.5. The molecule has 0 saturated carbocycles. The van der Waals surface area contributed by atoms with E-state index in [1.165, 1.54) is 11.1 Å². The molecule has 3 rings (SSSR count). The van der Waals surface area contributed by atoms with Crippen molar-refractivity contribution in [2.75, 3.05) is 52.5 Å². The summed E-state index contributed by atoms with van der Waals surface area (Å²) in [6, 6.07) is 16.5. The smallest absolute Gasteiger partial charge is 0.122 e. The molecular weight excluding hydrogens is 364 g/mol. The molecule has 5 heteroatoms. The second-order valence-electron chi connectivity index (χ2n) is 7.91. The molecule has 5 nitrogen and oxygen atoms in total. The second-order valence-corrected chi connectivity index (χ2v) is 7.91. The molecule has 0 bridgehead atoms. The van der Waals surface area contributed by atoms with Crippen LogP contribution in [0.3, 0.4) is 0 Å². The molecule has 1 aliphatic heterocycles. The summed E-state index contributed by atoms with van der Waals surface area (Å²) in [7, 11) is 0. The molecule has 1 N–H and O–H groups in total. The third-order valence-corrected chi connectivity index (χ3v) is 5.32. The van der Waals surface area contributed by atoms with Crippen LogP contribution in [0.2, 0.25) is 0 Å². The predicted octanol–water partition coefficient (Wildman–Crippen LogP) is 2.88. The molecule has 1 saturated heterocycles. The number of aryl methyl sites for hydroxylation is 2. The molecule has 2 aromatic carbocycles. The first kappa shape index (κ1) is 21.8. The molecule has 0 aliphatic carbocycles. The minimum absolute atomic E-state index is 0.298. The zero-order chi connectivity index (χ0) is 20.5. The number of rotatable bonds is 10. The van der Waals surface area contributed by atoms with Crippen LogP contribution in [0.15, 0.2) is 48.5 Å². The fourth-order valence-electron chi connectivity index (χ4n) is 3.67. The Morgan fingerprint density at radius 2 is 1.90 bits per heavy atom. The van der Waals surface area contributed by atoms with E-state index in [4.69, 9.17) is 9.47 Å². The number of ether oxygens (including phenoxy) is 2. The fourth-order valence-corrected chi connectivity index (χ4v) is 3.67. The first-order chi connectivity index (χ1) is 14.1. The molecular formula is C24H34N2O3. The van der Waals surface area contributed by atoms with E-state index in [2.05, 4.69) is 41.0 Å². The van der Waals surface area contributed by atoms with Gasteiger partial charge in [0, 0.05) is 39.3 Å². The maximum Gasteiger partial charge on any atom is 0.122 e. The van der Waals surface area contributed by atoms with Crippen molar-refractivity contribution < 1.29 is 14.6 Å². The molecule has 1 unspecified atom stereocenters. The zero-order valence-corrected chi connectivity index (χ0v) is 17.7. The van der Waals surface area contributed by atoms with Crippen molar-refractivity contribution >= 4 is 0 Å². The SMILES string of the molecule is Cc1cccc(CN(CCN2CCOCC2)CC(O)COc2ccccc2C)c1. The molecule has 1 fully saturated rings. The molecule has 0 aromatic heterocycles. The molecule has 1 aliphatic rings. The van der Waals surface area contributed by atoms with E-state index in [1.807, 2.05) is 31.2 Å². The predicted molar refractivity (Wildman–Crippen MR) is 116 cm³/mol. The number of hydrogen-bond acceptors (Lipinski definition) is 5. The summed E-state index contributed by atoms with van der Waals surface area (Å²) in [5.74, 6) is 0.838. The lowest BCUT2D eigenvalue weighted by Crippen LogP contribution is -2.43. The normalized spacial score (nSPS) is 16.1. The Hall–Kier alpha value is -1.92. The van der Waals surface area contributed by atoms with E-state index >= 15 is 0 Å². The average molecular weight is 399 g/mol. The number of morpholine rings is 1. The van der Waals surface area contributed by atoms with Crippen LogP contribution < -0.4 is 4.74 Å². The van der Waals surface area contributed by atoms with Gasteiger partial charge in [-0.3, -0.25) is 9.80 Å². The van der Waals surface area contributed by atoms with Gasteiger partial charge in [0.1, 0.15) is 18.5 Å². The van der Waals surface area contributed by atoms with Crippen molar-refractivity contribution in [1.82, 2.24) is 9.80 Å². The Labute approximate surface area is 174 Å². The summed E-state index contributed by atoms with van der Waals surface area (Å²) in [5.41, 5.74) is 3.63. The molecule has 29 heavy (non-hydrogen) atoms. The average Bonchev–Trinajstić information content (AvgIpc) is 2.72. The van der Waals surface area contributed by atoms with Crippen molar-refractivity contribution in [1.29, 1.82) is 0 Å². The van der Waals surface area contributed by atoms with Gasteiger partial charge in [-0.05, 0) is 31.0 Å². The highest BCUT2D eigenvalue weighted by Gasteiger charge is 2.16. The summed E-state index contributed by atoms with van der Waals surface area (Å²) < 4.78 is 11.3. The van der Waals surface area contributed by atoms with Crippen molar-refractivity contribution in [2.24, 2.45) is 0 Å². The second kappa shape index (κ2) is 11.3. The number of para-hydroxylation sites is 1. The maximum absolute atomic E-state index is 10.6. The Balaban J connectivity index is 1.56. The standard InChI is InChI=1S/C24H34N2O3/c1-20-6-5-8-22(16-20)17-26(11-10-25-12-14-28-15-13-25)18-23(27)19-29-24-9-4-3-7-21(24)2/h3-9,16,23,27H,10-15,17-19H2,1-2H3. The number of hydrogen-bond donors (Lipinski definition) is 1. The lowest BCUT2D eigenvalue weighted by molar-refractivity contribution is 0.0255. The van der Waals surface area contributed by atoms with Gasteiger partial charge in [-0.2, -0.15) is 0 Å². The molecule has 1 atom stereocenters. The highest BCUT2D eigenvalue weighted by Crippen LogP contribution is 2.16. The molecule has 1 heterocycles. The minimum Gasteiger partial charge on any atom is -0.491 e. The van der Waals surface area contributed by atoms with Gasteiger partial charge in [0.15, 0.2) is 0 Å². The van der Waals surface area contributed by atoms with Gasteiger partial charge in [0.2, 0.25) is 0 Å². The van der Waals surface area contributed by atoms with Gasteiger partial charge in [-0.25, -0.2) is 0 Å². The van der Waals surface area contributed by atoms with E-state index in [-0.39, 0.29) is 0 Å². The van der Waals surface area contributed by atoms with Crippen molar-refractivity contribution in [3.05, 3.63) is 65.2 Å². The Bertz CT molecular complexity index is 746. The third-order valence-electron chi connectivity index (χ3n) is 5.32. The van der Waals surface area contributed by atoms with Crippen molar-refractivity contribution in [3.63, 3.8) is 0 Å². The van der Waals surface area contributed by atoms with E-state index in [1.54, 1.807) is 0 Å². The van der Waals surface area contributed by atoms with Crippen LogP contribution in [-0.4, -0.2) is 73.6 Å². The Morgan fingerprint density at radius 3 is 2.66 bits per heavy atom. The summed E-state index contributed by atoms with van der Waals surface area (Å²) in [6.07, 6.45) is -0.538.